The highest BCUT2D eigenvalue weighted by Gasteiger charge is 2.14. The van der Waals surface area contributed by atoms with Crippen molar-refractivity contribution in [2.75, 3.05) is 20.1 Å². The maximum Gasteiger partial charge on any atom is 0.320 e. The molecule has 1 aromatic carbocycles. The van der Waals surface area contributed by atoms with Gasteiger partial charge in [0.1, 0.15) is 0 Å². The quantitative estimate of drug-likeness (QED) is 0.785. The summed E-state index contributed by atoms with van der Waals surface area (Å²) in [6, 6.07) is 8.38. The van der Waals surface area contributed by atoms with Crippen molar-refractivity contribution in [3.05, 3.63) is 35.4 Å². The molecule has 0 unspecified atom stereocenters. The van der Waals surface area contributed by atoms with Crippen LogP contribution in [0.4, 0.5) is 4.79 Å². The second-order valence-corrected chi connectivity index (χ2v) is 4.30. The zero-order valence-corrected chi connectivity index (χ0v) is 11.2. The molecule has 1 rings (SSSR count). The fourth-order valence-corrected chi connectivity index (χ4v) is 1.77. The van der Waals surface area contributed by atoms with E-state index in [4.69, 9.17) is 0 Å². The van der Waals surface area contributed by atoms with E-state index in [-0.39, 0.29) is 6.03 Å². The van der Waals surface area contributed by atoms with E-state index in [1.165, 1.54) is 11.1 Å². The molecule has 0 fully saturated rings. The van der Waals surface area contributed by atoms with E-state index < -0.39 is 0 Å². The van der Waals surface area contributed by atoms with Crippen molar-refractivity contribution >= 4 is 6.03 Å². The van der Waals surface area contributed by atoms with Crippen LogP contribution in [0.25, 0.3) is 0 Å². The van der Waals surface area contributed by atoms with E-state index in [2.05, 4.69) is 31.2 Å². The Morgan fingerprint density at radius 1 is 1.12 bits per heavy atom. The molecule has 0 atom stereocenters. The summed E-state index contributed by atoms with van der Waals surface area (Å²) in [5, 5.41) is 0. The minimum absolute atomic E-state index is 0.0931. The number of hydrogen-bond acceptors (Lipinski definition) is 1. The van der Waals surface area contributed by atoms with Crippen LogP contribution in [0.15, 0.2) is 24.3 Å². The van der Waals surface area contributed by atoms with Crippen molar-refractivity contribution < 1.29 is 4.79 Å². The summed E-state index contributed by atoms with van der Waals surface area (Å²) in [4.78, 5) is 15.6. The van der Waals surface area contributed by atoms with Gasteiger partial charge in [0.05, 0.1) is 0 Å². The topological polar surface area (TPSA) is 23.6 Å². The number of amides is 2. The lowest BCUT2D eigenvalue weighted by atomic mass is 10.1. The first kappa shape index (κ1) is 13.6. The van der Waals surface area contributed by atoms with Gasteiger partial charge in [-0.25, -0.2) is 4.79 Å². The number of aryl methyl sites for hydroxylation is 1. The third kappa shape index (κ3) is 3.77. The molecule has 0 aromatic heterocycles. The third-order valence-electron chi connectivity index (χ3n) is 2.90. The van der Waals surface area contributed by atoms with Gasteiger partial charge in [-0.3, -0.25) is 0 Å². The predicted octanol–water partition coefficient (Wildman–Crippen LogP) is 2.89. The number of carbonyl (C=O) groups excluding carboxylic acids is 1. The SMILES string of the molecule is CCN(CC)C(=O)N(C)Cc1ccc(C)cc1. The third-order valence-corrected chi connectivity index (χ3v) is 2.90. The molecule has 0 spiro atoms. The molecule has 0 aliphatic rings. The summed E-state index contributed by atoms with van der Waals surface area (Å²) < 4.78 is 0. The van der Waals surface area contributed by atoms with Crippen LogP contribution in [0.3, 0.4) is 0 Å². The normalized spacial score (nSPS) is 10.1. The van der Waals surface area contributed by atoms with Crippen LogP contribution in [0, 0.1) is 6.92 Å². The van der Waals surface area contributed by atoms with Gasteiger partial charge in [0, 0.05) is 26.7 Å². The fraction of sp³-hybridized carbons (Fsp3) is 0.500. The molecular weight excluding hydrogens is 212 g/mol. The maximum absolute atomic E-state index is 12.0. The van der Waals surface area contributed by atoms with Gasteiger partial charge >= 0.3 is 6.03 Å². The average molecular weight is 234 g/mol. The van der Waals surface area contributed by atoms with Gasteiger partial charge < -0.3 is 9.80 Å². The first-order valence-electron chi connectivity index (χ1n) is 6.14. The summed E-state index contributed by atoms with van der Waals surface area (Å²) in [7, 11) is 1.85. The zero-order chi connectivity index (χ0) is 12.8. The molecule has 0 heterocycles. The molecule has 17 heavy (non-hydrogen) atoms. The molecule has 0 aliphatic heterocycles. The van der Waals surface area contributed by atoms with Gasteiger partial charge in [0.25, 0.3) is 0 Å². The van der Waals surface area contributed by atoms with E-state index in [1.54, 1.807) is 4.90 Å². The molecule has 0 bridgehead atoms. The van der Waals surface area contributed by atoms with Crippen molar-refractivity contribution in [3.8, 4) is 0 Å². The van der Waals surface area contributed by atoms with Crippen LogP contribution >= 0.6 is 0 Å². The minimum Gasteiger partial charge on any atom is -0.325 e. The molecule has 0 N–H and O–H groups in total. The van der Waals surface area contributed by atoms with Crippen molar-refractivity contribution in [1.29, 1.82) is 0 Å². The van der Waals surface area contributed by atoms with E-state index in [9.17, 15) is 4.79 Å². The number of carbonyl (C=O) groups is 1. The van der Waals surface area contributed by atoms with E-state index in [0.717, 1.165) is 13.1 Å². The largest absolute Gasteiger partial charge is 0.325 e. The fourth-order valence-electron chi connectivity index (χ4n) is 1.77. The van der Waals surface area contributed by atoms with Gasteiger partial charge in [-0.2, -0.15) is 0 Å². The first-order chi connectivity index (χ1) is 8.08. The second-order valence-electron chi connectivity index (χ2n) is 4.30. The number of nitrogens with zero attached hydrogens (tertiary/aromatic N) is 2. The van der Waals surface area contributed by atoms with Crippen molar-refractivity contribution in [1.82, 2.24) is 9.80 Å². The summed E-state index contributed by atoms with van der Waals surface area (Å²) in [5.74, 6) is 0. The number of rotatable bonds is 4. The van der Waals surface area contributed by atoms with Crippen LogP contribution in [-0.4, -0.2) is 36.0 Å². The van der Waals surface area contributed by atoms with Crippen LogP contribution in [0.5, 0.6) is 0 Å². The van der Waals surface area contributed by atoms with Crippen LogP contribution in [-0.2, 0) is 6.54 Å². The minimum atomic E-state index is 0.0931. The van der Waals surface area contributed by atoms with E-state index >= 15 is 0 Å². The molecule has 94 valence electrons. The highest BCUT2D eigenvalue weighted by atomic mass is 16.2. The van der Waals surface area contributed by atoms with Crippen molar-refractivity contribution in [2.45, 2.75) is 27.3 Å². The van der Waals surface area contributed by atoms with Gasteiger partial charge in [0.2, 0.25) is 0 Å². The molecule has 1 aromatic rings. The van der Waals surface area contributed by atoms with Gasteiger partial charge in [0.15, 0.2) is 0 Å². The second kappa shape index (κ2) is 6.28. The molecular formula is C14H22N2O. The molecule has 0 aliphatic carbocycles. The molecule has 0 saturated heterocycles. The Labute approximate surface area is 104 Å². The zero-order valence-electron chi connectivity index (χ0n) is 11.2. The van der Waals surface area contributed by atoms with Gasteiger partial charge in [-0.05, 0) is 26.3 Å². The van der Waals surface area contributed by atoms with Gasteiger partial charge in [-0.15, -0.1) is 0 Å². The van der Waals surface area contributed by atoms with E-state index in [1.807, 2.05) is 25.8 Å². The Bertz CT molecular complexity index is 355. The van der Waals surface area contributed by atoms with E-state index in [0.29, 0.717) is 6.54 Å². The van der Waals surface area contributed by atoms with Crippen LogP contribution in [0.2, 0.25) is 0 Å². The van der Waals surface area contributed by atoms with Crippen molar-refractivity contribution in [2.24, 2.45) is 0 Å². The van der Waals surface area contributed by atoms with Gasteiger partial charge in [-0.1, -0.05) is 29.8 Å². The Hall–Kier alpha value is -1.51. The first-order valence-corrected chi connectivity index (χ1v) is 6.14. The predicted molar refractivity (Wildman–Crippen MR) is 71.0 cm³/mol. The number of hydrogen-bond donors (Lipinski definition) is 0. The average Bonchev–Trinajstić information content (AvgIpc) is 2.33. The summed E-state index contributed by atoms with van der Waals surface area (Å²) in [6.07, 6.45) is 0. The summed E-state index contributed by atoms with van der Waals surface area (Å²) >= 11 is 0. The Morgan fingerprint density at radius 2 is 1.65 bits per heavy atom. The Balaban J connectivity index is 2.62. The number of benzene rings is 1. The lowest BCUT2D eigenvalue weighted by Gasteiger charge is -2.26. The highest BCUT2D eigenvalue weighted by Crippen LogP contribution is 2.07. The maximum atomic E-state index is 12.0. The Kier molecular flexibility index (Phi) is 5.01. The lowest BCUT2D eigenvalue weighted by molar-refractivity contribution is 0.165. The molecule has 2 amide bonds. The smallest absolute Gasteiger partial charge is 0.320 e. The summed E-state index contributed by atoms with van der Waals surface area (Å²) in [6.45, 7) is 8.24. The lowest BCUT2D eigenvalue weighted by Crippen LogP contribution is -2.40. The standard InChI is InChI=1S/C14H22N2O/c1-5-16(6-2)14(17)15(4)11-13-9-7-12(3)8-10-13/h7-10H,5-6,11H2,1-4H3. The highest BCUT2D eigenvalue weighted by molar-refractivity contribution is 5.74. The summed E-state index contributed by atoms with van der Waals surface area (Å²) in [5.41, 5.74) is 2.41. The van der Waals surface area contributed by atoms with Crippen molar-refractivity contribution in [3.63, 3.8) is 0 Å². The molecule has 0 radical (unpaired) electrons. The monoisotopic (exact) mass is 234 g/mol. The van der Waals surface area contributed by atoms with Crippen LogP contribution < -0.4 is 0 Å². The molecule has 3 heteroatoms. The Morgan fingerprint density at radius 3 is 2.12 bits per heavy atom. The number of urea groups is 1. The van der Waals surface area contributed by atoms with Crippen LogP contribution in [0.1, 0.15) is 25.0 Å². The molecule has 0 saturated carbocycles. The molecule has 3 nitrogen and oxygen atoms in total.